The van der Waals surface area contributed by atoms with Gasteiger partial charge in [-0.25, -0.2) is 8.42 Å². The van der Waals surface area contributed by atoms with Crippen LogP contribution < -0.4 is 0 Å². The summed E-state index contributed by atoms with van der Waals surface area (Å²) in [7, 11) is -3.39. The van der Waals surface area contributed by atoms with E-state index in [0.717, 1.165) is 43.5 Å². The highest BCUT2D eigenvalue weighted by Gasteiger charge is 2.33. The smallest absolute Gasteiger partial charge is 0.243 e. The van der Waals surface area contributed by atoms with Crippen molar-refractivity contribution in [1.82, 2.24) is 9.21 Å². The molecule has 0 amide bonds. The molecule has 4 nitrogen and oxygen atoms in total. The summed E-state index contributed by atoms with van der Waals surface area (Å²) in [5.41, 5.74) is 3.29. The Bertz CT molecular complexity index is 896. The Labute approximate surface area is 160 Å². The third kappa shape index (κ3) is 3.36. The maximum atomic E-state index is 13.1. The molecule has 1 saturated heterocycles. The molecule has 1 aromatic heterocycles. The van der Waals surface area contributed by atoms with Crippen LogP contribution in [0.5, 0.6) is 0 Å². The number of thiophene rings is 1. The van der Waals surface area contributed by atoms with E-state index >= 15 is 0 Å². The highest BCUT2D eigenvalue weighted by molar-refractivity contribution is 7.89. The number of hydrogen-bond acceptors (Lipinski definition) is 4. The normalized spacial score (nSPS) is 20.2. The van der Waals surface area contributed by atoms with E-state index in [1.807, 2.05) is 37.3 Å². The molecule has 0 bridgehead atoms. The first-order valence-electron chi connectivity index (χ1n) is 9.32. The highest BCUT2D eigenvalue weighted by atomic mass is 32.2. The fourth-order valence-corrected chi connectivity index (χ4v) is 6.82. The van der Waals surface area contributed by atoms with Gasteiger partial charge in [0.1, 0.15) is 0 Å². The Morgan fingerprint density at radius 1 is 1.08 bits per heavy atom. The average Bonchev–Trinajstić information content (AvgIpc) is 3.11. The van der Waals surface area contributed by atoms with Crippen LogP contribution in [0.4, 0.5) is 0 Å². The number of nitrogens with zero attached hydrogens (tertiary/aromatic N) is 2. The molecule has 140 valence electrons. The van der Waals surface area contributed by atoms with Crippen molar-refractivity contribution in [2.45, 2.75) is 50.6 Å². The van der Waals surface area contributed by atoms with Crippen LogP contribution in [-0.2, 0) is 23.0 Å². The molecular weight excluding hydrogens is 364 g/mol. The molecule has 2 aliphatic rings. The van der Waals surface area contributed by atoms with Gasteiger partial charge in [-0.3, -0.25) is 4.90 Å². The molecule has 0 unspecified atom stereocenters. The van der Waals surface area contributed by atoms with Crippen molar-refractivity contribution < 1.29 is 8.42 Å². The molecule has 0 saturated carbocycles. The molecule has 4 rings (SSSR count). The standard InChI is InChI=1S/C20H26N2O2S2/c1-15-3-4-16(2)20(13-15)26(23,24)22-10-5-18(6-11-22)21-9-7-19-17(14-21)8-12-25-19/h3-4,8,12-13,18H,5-7,9-11,14H2,1-2H3. The monoisotopic (exact) mass is 390 g/mol. The number of hydrogen-bond donors (Lipinski definition) is 0. The second-order valence-corrected chi connectivity index (χ2v) is 10.4. The molecule has 0 aliphatic carbocycles. The van der Waals surface area contributed by atoms with Gasteiger partial charge < -0.3 is 0 Å². The van der Waals surface area contributed by atoms with Crippen molar-refractivity contribution in [2.24, 2.45) is 0 Å². The fraction of sp³-hybridized carbons (Fsp3) is 0.500. The first-order valence-corrected chi connectivity index (χ1v) is 11.6. The van der Waals surface area contributed by atoms with E-state index in [1.165, 1.54) is 10.4 Å². The van der Waals surface area contributed by atoms with Gasteiger partial charge in [0.2, 0.25) is 10.0 Å². The Morgan fingerprint density at radius 3 is 2.62 bits per heavy atom. The zero-order valence-corrected chi connectivity index (χ0v) is 17.1. The molecule has 0 radical (unpaired) electrons. The van der Waals surface area contributed by atoms with Crippen LogP contribution in [0, 0.1) is 13.8 Å². The second-order valence-electron chi connectivity index (χ2n) is 7.49. The van der Waals surface area contributed by atoms with Crippen LogP contribution in [0.15, 0.2) is 34.5 Å². The topological polar surface area (TPSA) is 40.6 Å². The third-order valence-corrected chi connectivity index (χ3v) is 8.80. The first-order chi connectivity index (χ1) is 12.4. The van der Waals surface area contributed by atoms with E-state index in [2.05, 4.69) is 16.3 Å². The molecule has 1 fully saturated rings. The largest absolute Gasteiger partial charge is 0.296 e. The van der Waals surface area contributed by atoms with Crippen LogP contribution in [0.2, 0.25) is 0 Å². The fourth-order valence-electron chi connectivity index (χ4n) is 4.15. The first kappa shape index (κ1) is 18.2. The van der Waals surface area contributed by atoms with Gasteiger partial charge in [0.25, 0.3) is 0 Å². The average molecular weight is 391 g/mol. The quantitative estimate of drug-likeness (QED) is 0.804. The lowest BCUT2D eigenvalue weighted by Gasteiger charge is -2.39. The van der Waals surface area contributed by atoms with Gasteiger partial charge in [0.15, 0.2) is 0 Å². The minimum atomic E-state index is -3.39. The van der Waals surface area contributed by atoms with Crippen LogP contribution in [-0.4, -0.2) is 43.3 Å². The zero-order chi connectivity index (χ0) is 18.3. The molecule has 0 spiro atoms. The van der Waals surface area contributed by atoms with Crippen LogP contribution in [0.25, 0.3) is 0 Å². The van der Waals surface area contributed by atoms with Gasteiger partial charge in [0.05, 0.1) is 4.90 Å². The van der Waals surface area contributed by atoms with E-state index in [-0.39, 0.29) is 0 Å². The number of sulfonamides is 1. The van der Waals surface area contributed by atoms with E-state index in [9.17, 15) is 8.42 Å². The molecule has 3 heterocycles. The van der Waals surface area contributed by atoms with Crippen molar-refractivity contribution in [2.75, 3.05) is 19.6 Å². The molecule has 1 aromatic carbocycles. The maximum absolute atomic E-state index is 13.1. The van der Waals surface area contributed by atoms with E-state index in [1.54, 1.807) is 10.4 Å². The summed E-state index contributed by atoms with van der Waals surface area (Å²) in [5.74, 6) is 0. The molecule has 0 atom stereocenters. The predicted octanol–water partition coefficient (Wildman–Crippen LogP) is 3.58. The number of rotatable bonds is 3. The minimum absolute atomic E-state index is 0.469. The summed E-state index contributed by atoms with van der Waals surface area (Å²) in [4.78, 5) is 4.55. The zero-order valence-electron chi connectivity index (χ0n) is 15.4. The lowest BCUT2D eigenvalue weighted by molar-refractivity contribution is 0.127. The highest BCUT2D eigenvalue weighted by Crippen LogP contribution is 2.30. The predicted molar refractivity (Wildman–Crippen MR) is 106 cm³/mol. The lowest BCUT2D eigenvalue weighted by atomic mass is 10.0. The molecule has 0 N–H and O–H groups in total. The maximum Gasteiger partial charge on any atom is 0.243 e. The van der Waals surface area contributed by atoms with Crippen molar-refractivity contribution >= 4 is 21.4 Å². The summed E-state index contributed by atoms with van der Waals surface area (Å²) in [6.07, 6.45) is 2.97. The minimum Gasteiger partial charge on any atom is -0.296 e. The van der Waals surface area contributed by atoms with Crippen molar-refractivity contribution in [3.63, 3.8) is 0 Å². The molecule has 2 aliphatic heterocycles. The Morgan fingerprint density at radius 2 is 1.85 bits per heavy atom. The lowest BCUT2D eigenvalue weighted by Crippen LogP contribution is -2.47. The van der Waals surface area contributed by atoms with Crippen molar-refractivity contribution in [1.29, 1.82) is 0 Å². The molecule has 6 heteroatoms. The molecular formula is C20H26N2O2S2. The number of piperidine rings is 1. The van der Waals surface area contributed by atoms with E-state index in [4.69, 9.17) is 0 Å². The van der Waals surface area contributed by atoms with E-state index in [0.29, 0.717) is 24.0 Å². The summed E-state index contributed by atoms with van der Waals surface area (Å²) >= 11 is 1.86. The number of aryl methyl sites for hydroxylation is 2. The Hall–Kier alpha value is -1.21. The Kier molecular flexibility index (Phi) is 4.94. The molecule has 2 aromatic rings. The SMILES string of the molecule is Cc1ccc(C)c(S(=O)(=O)N2CCC(N3CCc4sccc4C3)CC2)c1. The van der Waals surface area contributed by atoms with Crippen molar-refractivity contribution in [3.05, 3.63) is 51.2 Å². The Balaban J connectivity index is 1.44. The summed E-state index contributed by atoms with van der Waals surface area (Å²) in [6.45, 7) is 7.18. The summed E-state index contributed by atoms with van der Waals surface area (Å²) in [5, 5.41) is 2.19. The number of benzene rings is 1. The molecule has 26 heavy (non-hydrogen) atoms. The van der Waals surface area contributed by atoms with Gasteiger partial charge in [-0.1, -0.05) is 12.1 Å². The van der Waals surface area contributed by atoms with Crippen molar-refractivity contribution in [3.8, 4) is 0 Å². The second kappa shape index (κ2) is 7.08. The third-order valence-electron chi connectivity index (χ3n) is 5.74. The van der Waals surface area contributed by atoms with Gasteiger partial charge in [0, 0.05) is 37.1 Å². The summed E-state index contributed by atoms with van der Waals surface area (Å²) in [6, 6.07) is 8.41. The van der Waals surface area contributed by atoms with Gasteiger partial charge >= 0.3 is 0 Å². The van der Waals surface area contributed by atoms with Gasteiger partial charge in [-0.05, 0) is 67.3 Å². The summed E-state index contributed by atoms with van der Waals surface area (Å²) < 4.78 is 27.9. The number of fused-ring (bicyclic) bond motifs is 1. The van der Waals surface area contributed by atoms with Gasteiger partial charge in [-0.2, -0.15) is 4.31 Å². The van der Waals surface area contributed by atoms with Crippen LogP contribution in [0.3, 0.4) is 0 Å². The van der Waals surface area contributed by atoms with E-state index < -0.39 is 10.0 Å². The van der Waals surface area contributed by atoms with Crippen LogP contribution >= 0.6 is 11.3 Å². The van der Waals surface area contributed by atoms with Crippen LogP contribution in [0.1, 0.15) is 34.4 Å². The van der Waals surface area contributed by atoms with Gasteiger partial charge in [-0.15, -0.1) is 11.3 Å².